The number of furan rings is 1. The van der Waals surface area contributed by atoms with Crippen LogP contribution in [0.3, 0.4) is 0 Å². The summed E-state index contributed by atoms with van der Waals surface area (Å²) in [5, 5.41) is 6.46. The van der Waals surface area contributed by atoms with E-state index < -0.39 is 17.8 Å². The SMILES string of the molecule is Cc1ccc(C(=O)N[C@H](c2noc(C)n2)c2ccccc2F)o1. The number of nitrogens with one attached hydrogen (secondary N) is 1. The summed E-state index contributed by atoms with van der Waals surface area (Å²) in [4.78, 5) is 16.4. The molecule has 0 bridgehead atoms. The van der Waals surface area contributed by atoms with Crippen LogP contribution in [0.1, 0.15) is 39.6 Å². The van der Waals surface area contributed by atoms with Gasteiger partial charge in [0.15, 0.2) is 11.6 Å². The number of hydrogen-bond donors (Lipinski definition) is 1. The zero-order valence-electron chi connectivity index (χ0n) is 12.5. The number of benzene rings is 1. The van der Waals surface area contributed by atoms with Crippen LogP contribution in [-0.2, 0) is 0 Å². The predicted molar refractivity (Wildman–Crippen MR) is 78.2 cm³/mol. The molecule has 0 aliphatic heterocycles. The normalized spacial score (nSPS) is 12.1. The van der Waals surface area contributed by atoms with Crippen molar-refractivity contribution in [1.82, 2.24) is 15.5 Å². The number of amides is 1. The lowest BCUT2D eigenvalue weighted by molar-refractivity contribution is 0.0911. The van der Waals surface area contributed by atoms with Gasteiger partial charge in [0.05, 0.1) is 0 Å². The molecular weight excluding hydrogens is 301 g/mol. The number of nitrogens with zero attached hydrogens (tertiary/aromatic N) is 2. The van der Waals surface area contributed by atoms with Crippen molar-refractivity contribution < 1.29 is 18.1 Å². The molecule has 0 spiro atoms. The summed E-state index contributed by atoms with van der Waals surface area (Å²) >= 11 is 0. The molecule has 0 radical (unpaired) electrons. The maximum absolute atomic E-state index is 14.1. The minimum absolute atomic E-state index is 0.129. The van der Waals surface area contributed by atoms with Gasteiger partial charge in [0.25, 0.3) is 5.91 Å². The molecule has 7 heteroatoms. The maximum atomic E-state index is 14.1. The Morgan fingerprint density at radius 2 is 2.00 bits per heavy atom. The second kappa shape index (κ2) is 6.04. The highest BCUT2D eigenvalue weighted by atomic mass is 19.1. The molecule has 0 saturated heterocycles. The van der Waals surface area contributed by atoms with Gasteiger partial charge in [-0.2, -0.15) is 4.98 Å². The number of halogens is 1. The van der Waals surface area contributed by atoms with E-state index in [2.05, 4.69) is 15.5 Å². The van der Waals surface area contributed by atoms with Gasteiger partial charge < -0.3 is 14.3 Å². The summed E-state index contributed by atoms with van der Waals surface area (Å²) < 4.78 is 24.4. The molecule has 0 aliphatic carbocycles. The molecule has 0 saturated carbocycles. The minimum Gasteiger partial charge on any atom is -0.456 e. The Bertz CT molecular complexity index is 840. The highest BCUT2D eigenvalue weighted by Crippen LogP contribution is 2.23. The molecule has 0 fully saturated rings. The molecule has 1 atom stereocenters. The summed E-state index contributed by atoms with van der Waals surface area (Å²) in [5.74, 6) is 0.260. The molecule has 2 heterocycles. The lowest BCUT2D eigenvalue weighted by atomic mass is 10.1. The smallest absolute Gasteiger partial charge is 0.287 e. The van der Waals surface area contributed by atoms with E-state index in [1.54, 1.807) is 44.2 Å². The highest BCUT2D eigenvalue weighted by molar-refractivity contribution is 5.92. The lowest BCUT2D eigenvalue weighted by Gasteiger charge is -2.15. The quantitative estimate of drug-likeness (QED) is 0.800. The van der Waals surface area contributed by atoms with E-state index >= 15 is 0 Å². The van der Waals surface area contributed by atoms with Crippen LogP contribution in [0.5, 0.6) is 0 Å². The second-order valence-corrected chi connectivity index (χ2v) is 5.01. The van der Waals surface area contributed by atoms with Crippen molar-refractivity contribution in [1.29, 1.82) is 0 Å². The van der Waals surface area contributed by atoms with Crippen molar-refractivity contribution in [3.63, 3.8) is 0 Å². The molecule has 3 aromatic rings. The first-order chi connectivity index (χ1) is 11.0. The third-order valence-electron chi connectivity index (χ3n) is 3.26. The van der Waals surface area contributed by atoms with Gasteiger partial charge in [0.2, 0.25) is 5.89 Å². The Morgan fingerprint density at radius 3 is 2.61 bits per heavy atom. The van der Waals surface area contributed by atoms with Crippen LogP contribution in [0.15, 0.2) is 45.3 Å². The van der Waals surface area contributed by atoms with Gasteiger partial charge in [-0.3, -0.25) is 4.79 Å². The molecular formula is C16H14FN3O3. The van der Waals surface area contributed by atoms with Crippen LogP contribution in [0.4, 0.5) is 4.39 Å². The van der Waals surface area contributed by atoms with Gasteiger partial charge in [-0.15, -0.1) is 0 Å². The Labute approximate surface area is 131 Å². The number of hydrogen-bond acceptors (Lipinski definition) is 5. The van der Waals surface area contributed by atoms with Crippen LogP contribution in [0.2, 0.25) is 0 Å². The fourth-order valence-corrected chi connectivity index (χ4v) is 2.18. The number of rotatable bonds is 4. The Balaban J connectivity index is 1.96. The van der Waals surface area contributed by atoms with Crippen LogP contribution < -0.4 is 5.32 Å². The number of carbonyl (C=O) groups is 1. The van der Waals surface area contributed by atoms with Gasteiger partial charge in [0.1, 0.15) is 17.6 Å². The van der Waals surface area contributed by atoms with Crippen LogP contribution >= 0.6 is 0 Å². The first-order valence-electron chi connectivity index (χ1n) is 6.96. The van der Waals surface area contributed by atoms with Gasteiger partial charge in [0, 0.05) is 12.5 Å². The molecule has 1 aromatic carbocycles. The second-order valence-electron chi connectivity index (χ2n) is 5.01. The summed E-state index contributed by atoms with van der Waals surface area (Å²) in [6, 6.07) is 8.43. The first-order valence-corrected chi connectivity index (χ1v) is 6.96. The van der Waals surface area contributed by atoms with E-state index in [4.69, 9.17) is 8.94 Å². The van der Waals surface area contributed by atoms with Crippen LogP contribution in [0.25, 0.3) is 0 Å². The third kappa shape index (κ3) is 3.13. The standard InChI is InChI=1S/C16H14FN3O3/c1-9-7-8-13(22-9)16(21)19-14(15-18-10(2)23-20-15)11-5-3-4-6-12(11)17/h3-8,14H,1-2H3,(H,19,21)/t14-/m0/s1. The Morgan fingerprint density at radius 1 is 1.22 bits per heavy atom. The largest absolute Gasteiger partial charge is 0.456 e. The van der Waals surface area contributed by atoms with Gasteiger partial charge >= 0.3 is 0 Å². The average molecular weight is 315 g/mol. The summed E-state index contributed by atoms with van der Waals surface area (Å²) in [5.41, 5.74) is 0.241. The first kappa shape index (κ1) is 15.0. The molecule has 1 N–H and O–H groups in total. The maximum Gasteiger partial charge on any atom is 0.287 e. The zero-order chi connectivity index (χ0) is 16.4. The molecule has 2 aromatic heterocycles. The van der Waals surface area contributed by atoms with Crippen molar-refractivity contribution in [3.8, 4) is 0 Å². The van der Waals surface area contributed by atoms with Gasteiger partial charge in [-0.1, -0.05) is 23.4 Å². The van der Waals surface area contributed by atoms with Crippen molar-refractivity contribution in [2.24, 2.45) is 0 Å². The molecule has 23 heavy (non-hydrogen) atoms. The van der Waals surface area contributed by atoms with Gasteiger partial charge in [-0.25, -0.2) is 4.39 Å². The predicted octanol–water partition coefficient (Wildman–Crippen LogP) is 2.94. The summed E-state index contributed by atoms with van der Waals surface area (Å²) in [7, 11) is 0. The molecule has 3 rings (SSSR count). The summed E-state index contributed by atoms with van der Waals surface area (Å²) in [6.45, 7) is 3.35. The van der Waals surface area contributed by atoms with Crippen molar-refractivity contribution in [3.05, 3.63) is 71.0 Å². The van der Waals surface area contributed by atoms with E-state index in [1.165, 1.54) is 6.07 Å². The minimum atomic E-state index is -0.883. The summed E-state index contributed by atoms with van der Waals surface area (Å²) in [6.07, 6.45) is 0. The van der Waals surface area contributed by atoms with Crippen molar-refractivity contribution >= 4 is 5.91 Å². The fourth-order valence-electron chi connectivity index (χ4n) is 2.18. The monoisotopic (exact) mass is 315 g/mol. The Hall–Kier alpha value is -2.96. The average Bonchev–Trinajstić information content (AvgIpc) is 3.14. The van der Waals surface area contributed by atoms with E-state index in [0.717, 1.165) is 0 Å². The van der Waals surface area contributed by atoms with E-state index in [0.29, 0.717) is 11.7 Å². The Kier molecular flexibility index (Phi) is 3.92. The molecule has 0 aliphatic rings. The number of aromatic nitrogens is 2. The van der Waals surface area contributed by atoms with Crippen LogP contribution in [0, 0.1) is 19.7 Å². The lowest BCUT2D eigenvalue weighted by Crippen LogP contribution is -2.30. The van der Waals surface area contributed by atoms with Gasteiger partial charge in [-0.05, 0) is 25.1 Å². The van der Waals surface area contributed by atoms with Crippen molar-refractivity contribution in [2.75, 3.05) is 0 Å². The molecule has 118 valence electrons. The topological polar surface area (TPSA) is 81.2 Å². The third-order valence-corrected chi connectivity index (χ3v) is 3.26. The van der Waals surface area contributed by atoms with E-state index in [9.17, 15) is 9.18 Å². The van der Waals surface area contributed by atoms with E-state index in [1.807, 2.05) is 0 Å². The fraction of sp³-hybridized carbons (Fsp3) is 0.188. The zero-order valence-corrected chi connectivity index (χ0v) is 12.5. The number of aryl methyl sites for hydroxylation is 2. The molecule has 6 nitrogen and oxygen atoms in total. The number of carbonyl (C=O) groups excluding carboxylic acids is 1. The van der Waals surface area contributed by atoms with Crippen molar-refractivity contribution in [2.45, 2.75) is 19.9 Å². The van der Waals surface area contributed by atoms with Crippen LogP contribution in [-0.4, -0.2) is 16.0 Å². The molecule has 0 unspecified atom stereocenters. The highest BCUT2D eigenvalue weighted by Gasteiger charge is 2.26. The molecule has 1 amide bonds. The van der Waals surface area contributed by atoms with E-state index in [-0.39, 0.29) is 17.1 Å².